The van der Waals surface area contributed by atoms with Crippen molar-refractivity contribution in [3.05, 3.63) is 34.9 Å². The Hall–Kier alpha value is -0.203. The van der Waals surface area contributed by atoms with Crippen LogP contribution in [0.25, 0.3) is 0 Å². The number of rotatable bonds is 32. The third-order valence-corrected chi connectivity index (χ3v) is 10.6. The van der Waals surface area contributed by atoms with Gasteiger partial charge in [-0.15, -0.1) is 0 Å². The predicted molar refractivity (Wildman–Crippen MR) is 202 cm³/mol. The van der Waals surface area contributed by atoms with Crippen LogP contribution < -0.4 is 0 Å². The van der Waals surface area contributed by atoms with E-state index < -0.39 is 8.56 Å². The van der Waals surface area contributed by atoms with Crippen LogP contribution in [0.2, 0.25) is 13.1 Å². The Morgan fingerprint density at radius 1 is 0.636 bits per heavy atom. The summed E-state index contributed by atoms with van der Waals surface area (Å²) in [6.07, 6.45) is 35.0. The molecule has 0 fully saturated rings. The molecule has 0 saturated carbocycles. The maximum Gasteiger partial charge on any atom is 0.333 e. The van der Waals surface area contributed by atoms with Crippen molar-refractivity contribution in [3.8, 4) is 0 Å². The normalized spacial score (nSPS) is 13.5. The van der Waals surface area contributed by atoms with Crippen molar-refractivity contribution in [2.24, 2.45) is 0 Å². The molecule has 0 aromatic rings. The fraction of sp³-hybridized carbons (Fsp3) is 0.846. The second-order valence-electron chi connectivity index (χ2n) is 13.7. The molecule has 0 radical (unpaired) electrons. The van der Waals surface area contributed by atoms with Gasteiger partial charge in [0.1, 0.15) is 6.29 Å². The first kappa shape index (κ1) is 43.8. The summed E-state index contributed by atoms with van der Waals surface area (Å²) in [4.78, 5) is 0. The third kappa shape index (κ3) is 31.8. The minimum absolute atomic E-state index is 0.168. The van der Waals surface area contributed by atoms with E-state index in [1.54, 1.807) is 0 Å². The highest BCUT2D eigenvalue weighted by Gasteiger charge is 2.29. The van der Waals surface area contributed by atoms with E-state index >= 15 is 0 Å². The van der Waals surface area contributed by atoms with Gasteiger partial charge in [-0.3, -0.25) is 0 Å². The molecule has 0 spiro atoms. The molecule has 0 saturated heterocycles. The van der Waals surface area contributed by atoms with Crippen LogP contribution in [-0.2, 0) is 13.6 Å². The first-order chi connectivity index (χ1) is 21.2. The summed E-state index contributed by atoms with van der Waals surface area (Å²) in [5.41, 5.74) is 4.30. The predicted octanol–water partition coefficient (Wildman–Crippen LogP) is 13.9. The van der Waals surface area contributed by atoms with E-state index in [2.05, 4.69) is 81.9 Å². The largest absolute Gasteiger partial charge is 0.394 e. The Bertz CT molecular complexity index is 727. The highest BCUT2D eigenvalue weighted by atomic mass is 79.9. The molecule has 1 atom stereocenters. The van der Waals surface area contributed by atoms with Crippen LogP contribution >= 0.6 is 15.9 Å². The number of unbranched alkanes of at least 4 members (excludes halogenated alkanes) is 15. The smallest absolute Gasteiger partial charge is 0.333 e. The van der Waals surface area contributed by atoms with E-state index in [9.17, 15) is 0 Å². The van der Waals surface area contributed by atoms with E-state index in [0.29, 0.717) is 6.61 Å². The maximum absolute atomic E-state index is 6.56. The molecule has 0 N–H and O–H groups in total. The standard InChI is InChI=1S/C39H75BrO3Si/c1-8-9-10-11-12-13-14-15-16-17-18-19-22-31-39(43-44(6,7)42-34-24-21-20-23-33-40)41-35-32-38(5)30-26-29-37(4)28-25-27-36(2)3/h27,29,32,39H,8-26,28,30-31,33-35H2,1-7H3/b37-29+,38-32+. The molecule has 0 amide bonds. The molecule has 0 aromatic heterocycles. The summed E-state index contributed by atoms with van der Waals surface area (Å²) in [6, 6.07) is 0. The van der Waals surface area contributed by atoms with Gasteiger partial charge in [-0.05, 0) is 92.2 Å². The summed E-state index contributed by atoms with van der Waals surface area (Å²) in [5, 5.41) is 1.09. The zero-order chi connectivity index (χ0) is 32.7. The van der Waals surface area contributed by atoms with Crippen LogP contribution in [0, 0.1) is 0 Å². The fourth-order valence-corrected chi connectivity index (χ4v) is 7.28. The fourth-order valence-electron chi connectivity index (χ4n) is 5.36. The van der Waals surface area contributed by atoms with E-state index in [1.807, 2.05) is 0 Å². The van der Waals surface area contributed by atoms with Crippen molar-refractivity contribution in [1.82, 2.24) is 0 Å². The Balaban J connectivity index is 4.53. The van der Waals surface area contributed by atoms with Crippen LogP contribution in [-0.4, -0.2) is 33.4 Å². The molecule has 0 rings (SSSR count). The topological polar surface area (TPSA) is 27.7 Å². The molecular weight excluding hydrogens is 624 g/mol. The van der Waals surface area contributed by atoms with Gasteiger partial charge in [-0.2, -0.15) is 0 Å². The lowest BCUT2D eigenvalue weighted by Gasteiger charge is -2.29. The molecule has 3 nitrogen and oxygen atoms in total. The highest BCUT2D eigenvalue weighted by Crippen LogP contribution is 2.19. The lowest BCUT2D eigenvalue weighted by Crippen LogP contribution is -2.40. The van der Waals surface area contributed by atoms with Crippen molar-refractivity contribution in [2.75, 3.05) is 18.5 Å². The average Bonchev–Trinajstić information content (AvgIpc) is 2.96. The summed E-state index contributed by atoms with van der Waals surface area (Å²) < 4.78 is 19.2. The summed E-state index contributed by atoms with van der Waals surface area (Å²) in [6.45, 7) is 16.9. The highest BCUT2D eigenvalue weighted by molar-refractivity contribution is 9.09. The van der Waals surface area contributed by atoms with Crippen LogP contribution in [0.3, 0.4) is 0 Å². The van der Waals surface area contributed by atoms with Gasteiger partial charge in [-0.1, -0.05) is 148 Å². The van der Waals surface area contributed by atoms with Gasteiger partial charge in [0.2, 0.25) is 0 Å². The van der Waals surface area contributed by atoms with E-state index in [1.165, 1.54) is 119 Å². The second kappa shape index (κ2) is 31.4. The van der Waals surface area contributed by atoms with E-state index in [0.717, 1.165) is 50.5 Å². The minimum atomic E-state index is -2.24. The first-order valence-corrected chi connectivity index (χ1v) is 22.6. The minimum Gasteiger partial charge on any atom is -0.394 e. The van der Waals surface area contributed by atoms with Crippen molar-refractivity contribution in [3.63, 3.8) is 0 Å². The van der Waals surface area contributed by atoms with Gasteiger partial charge in [0.25, 0.3) is 0 Å². The van der Waals surface area contributed by atoms with Crippen LogP contribution in [0.1, 0.15) is 176 Å². The number of hydrogen-bond donors (Lipinski definition) is 0. The molecule has 0 aliphatic carbocycles. The van der Waals surface area contributed by atoms with E-state index in [-0.39, 0.29) is 6.29 Å². The van der Waals surface area contributed by atoms with Crippen LogP contribution in [0.15, 0.2) is 34.9 Å². The SMILES string of the molecule is CCCCCCCCCCCCCCCC(OC/C=C(\C)CC/C=C(\C)CCC=C(C)C)O[Si](C)(C)OCCCCCCBr. The van der Waals surface area contributed by atoms with Crippen LogP contribution in [0.4, 0.5) is 0 Å². The molecule has 0 aliphatic heterocycles. The Kier molecular flexibility index (Phi) is 31.3. The van der Waals surface area contributed by atoms with Gasteiger partial charge < -0.3 is 13.6 Å². The molecule has 44 heavy (non-hydrogen) atoms. The molecular formula is C39H75BrO3Si. The lowest BCUT2D eigenvalue weighted by molar-refractivity contribution is -0.0939. The van der Waals surface area contributed by atoms with Crippen molar-refractivity contribution in [2.45, 2.75) is 195 Å². The molecule has 0 aliphatic rings. The number of ether oxygens (including phenoxy) is 1. The second-order valence-corrected chi connectivity index (χ2v) is 17.8. The number of alkyl halides is 1. The van der Waals surface area contributed by atoms with Gasteiger partial charge >= 0.3 is 8.56 Å². The van der Waals surface area contributed by atoms with Gasteiger partial charge in [0.05, 0.1) is 6.61 Å². The number of allylic oxidation sites excluding steroid dienone is 5. The Morgan fingerprint density at radius 3 is 1.70 bits per heavy atom. The van der Waals surface area contributed by atoms with Crippen molar-refractivity contribution < 1.29 is 13.6 Å². The van der Waals surface area contributed by atoms with Crippen molar-refractivity contribution in [1.29, 1.82) is 0 Å². The number of hydrogen-bond acceptors (Lipinski definition) is 3. The molecule has 1 unspecified atom stereocenters. The summed E-state index contributed by atoms with van der Waals surface area (Å²) in [5.74, 6) is 0. The summed E-state index contributed by atoms with van der Waals surface area (Å²) >= 11 is 3.53. The molecule has 0 aromatic carbocycles. The van der Waals surface area contributed by atoms with Gasteiger partial charge in [0.15, 0.2) is 0 Å². The first-order valence-electron chi connectivity index (χ1n) is 18.6. The molecule has 260 valence electrons. The Labute approximate surface area is 285 Å². The van der Waals surface area contributed by atoms with E-state index in [4.69, 9.17) is 13.6 Å². The Morgan fingerprint density at radius 2 is 1.14 bits per heavy atom. The molecule has 0 heterocycles. The lowest BCUT2D eigenvalue weighted by atomic mass is 10.0. The zero-order valence-electron chi connectivity index (χ0n) is 30.6. The van der Waals surface area contributed by atoms with Crippen molar-refractivity contribution >= 4 is 24.5 Å². The zero-order valence-corrected chi connectivity index (χ0v) is 33.2. The van der Waals surface area contributed by atoms with Gasteiger partial charge in [-0.25, -0.2) is 0 Å². The average molecular weight is 700 g/mol. The third-order valence-electron chi connectivity index (χ3n) is 8.27. The van der Waals surface area contributed by atoms with Crippen LogP contribution in [0.5, 0.6) is 0 Å². The van der Waals surface area contributed by atoms with Gasteiger partial charge in [0, 0.05) is 11.9 Å². The monoisotopic (exact) mass is 698 g/mol. The molecule has 5 heteroatoms. The molecule has 0 bridgehead atoms. The quantitative estimate of drug-likeness (QED) is 0.0230. The summed E-state index contributed by atoms with van der Waals surface area (Å²) in [7, 11) is -2.24. The maximum atomic E-state index is 6.56. The number of halogens is 1.